The van der Waals surface area contributed by atoms with Crippen LogP contribution in [0, 0.1) is 0 Å². The van der Waals surface area contributed by atoms with Crippen LogP contribution in [0.3, 0.4) is 0 Å². The summed E-state index contributed by atoms with van der Waals surface area (Å²) >= 11 is 0. The lowest BCUT2D eigenvalue weighted by molar-refractivity contribution is -0.192. The highest BCUT2D eigenvalue weighted by atomic mass is 19.4. The number of alkyl halides is 5. The first-order chi connectivity index (χ1) is 16.9. The molecule has 16 heteroatoms. The van der Waals surface area contributed by atoms with Crippen LogP contribution in [0.25, 0.3) is 5.65 Å². The Balaban J connectivity index is 0.000000384. The molecule has 1 amide bonds. The minimum atomic E-state index is -5.08. The number of aliphatic carboxylic acids is 1. The van der Waals surface area contributed by atoms with Crippen molar-refractivity contribution in [3.8, 4) is 0 Å². The van der Waals surface area contributed by atoms with Gasteiger partial charge in [0.05, 0.1) is 11.9 Å². The van der Waals surface area contributed by atoms with Crippen molar-refractivity contribution < 1.29 is 36.6 Å². The van der Waals surface area contributed by atoms with Crippen molar-refractivity contribution in [2.24, 2.45) is 7.05 Å². The van der Waals surface area contributed by atoms with Gasteiger partial charge in [-0.1, -0.05) is 0 Å². The van der Waals surface area contributed by atoms with Gasteiger partial charge in [0.1, 0.15) is 11.4 Å². The molecular formula is C20H21F5N8O3. The number of fused-ring (bicyclic) bond motifs is 4. The average Bonchev–Trinajstić information content (AvgIpc) is 3.42. The fourth-order valence-corrected chi connectivity index (χ4v) is 4.12. The summed E-state index contributed by atoms with van der Waals surface area (Å²) in [6.07, 6.45) is -1.11. The number of hydrogen-bond donors (Lipinski definition) is 3. The molecule has 3 saturated heterocycles. The first kappa shape index (κ1) is 25.3. The van der Waals surface area contributed by atoms with Crippen molar-refractivity contribution in [3.05, 3.63) is 35.9 Å². The van der Waals surface area contributed by atoms with Crippen molar-refractivity contribution in [3.63, 3.8) is 0 Å². The molecule has 0 saturated carbocycles. The molecule has 3 aromatic rings. The lowest BCUT2D eigenvalue weighted by Gasteiger charge is -2.46. The summed E-state index contributed by atoms with van der Waals surface area (Å²) in [6, 6.07) is 2.71. The van der Waals surface area contributed by atoms with Gasteiger partial charge < -0.3 is 20.6 Å². The second-order valence-electron chi connectivity index (χ2n) is 8.26. The van der Waals surface area contributed by atoms with Gasteiger partial charge in [0.15, 0.2) is 11.3 Å². The Kier molecular flexibility index (Phi) is 6.79. The van der Waals surface area contributed by atoms with E-state index in [4.69, 9.17) is 9.90 Å². The van der Waals surface area contributed by atoms with Crippen LogP contribution in [0.1, 0.15) is 35.3 Å². The Hall–Kier alpha value is -3.82. The van der Waals surface area contributed by atoms with Crippen LogP contribution in [0.15, 0.2) is 24.7 Å². The fraction of sp³-hybridized carbons (Fsp3) is 0.450. The highest BCUT2D eigenvalue weighted by Gasteiger charge is 2.38. The number of piperazine rings is 1. The summed E-state index contributed by atoms with van der Waals surface area (Å²) in [5, 5.41) is 21.0. The molecule has 0 radical (unpaired) electrons. The molecule has 36 heavy (non-hydrogen) atoms. The highest BCUT2D eigenvalue weighted by molar-refractivity contribution is 6.08. The first-order valence-corrected chi connectivity index (χ1v) is 10.7. The zero-order chi connectivity index (χ0) is 26.2. The van der Waals surface area contributed by atoms with E-state index in [0.29, 0.717) is 17.7 Å². The molecule has 0 aromatic carbocycles. The highest BCUT2D eigenvalue weighted by Crippen LogP contribution is 2.28. The largest absolute Gasteiger partial charge is 0.490 e. The summed E-state index contributed by atoms with van der Waals surface area (Å²) in [5.74, 6) is -2.52. The number of hydrogen-bond acceptors (Lipinski definition) is 7. The van der Waals surface area contributed by atoms with E-state index in [-0.39, 0.29) is 11.3 Å². The minimum Gasteiger partial charge on any atom is -0.475 e. The molecule has 2 unspecified atom stereocenters. The Morgan fingerprint density at radius 1 is 1.28 bits per heavy atom. The standard InChI is InChI=1S/C18H20F2N8O.C2HF3O2/c1-26-9-13(15(25-26)16(19)20)23-18(29)12-7-22-28-5-4-14(24-17(12)28)27-8-10-2-3-11(27)6-21-10;3-2(4,5)1(6)7/h4-5,7,9-11,16,21H,2-3,6,8H2,1H3,(H,23,29);(H,6,7). The molecule has 6 heterocycles. The van der Waals surface area contributed by atoms with Crippen LogP contribution in [0.4, 0.5) is 33.5 Å². The number of aromatic nitrogens is 5. The lowest BCUT2D eigenvalue weighted by atomic mass is 9.93. The van der Waals surface area contributed by atoms with E-state index in [0.717, 1.165) is 31.7 Å². The monoisotopic (exact) mass is 516 g/mol. The SMILES string of the molecule is Cn1cc(NC(=O)c2cnn3ccc(N4CC5CCC4CN5)nc23)c(C(F)F)n1.O=C(O)C(F)(F)F. The zero-order valence-electron chi connectivity index (χ0n) is 18.7. The molecule has 11 nitrogen and oxygen atoms in total. The predicted molar refractivity (Wildman–Crippen MR) is 115 cm³/mol. The summed E-state index contributed by atoms with van der Waals surface area (Å²) in [6.45, 7) is 1.79. The van der Waals surface area contributed by atoms with Gasteiger partial charge in [0.25, 0.3) is 12.3 Å². The molecule has 194 valence electrons. The number of piperidine rings is 2. The molecule has 2 bridgehead atoms. The number of carboxylic acid groups (broad SMARTS) is 1. The molecule has 2 atom stereocenters. The van der Waals surface area contributed by atoms with E-state index < -0.39 is 30.2 Å². The van der Waals surface area contributed by atoms with Gasteiger partial charge in [-0.15, -0.1) is 0 Å². The summed E-state index contributed by atoms with van der Waals surface area (Å²) in [5.41, 5.74) is 0.110. The number of aryl methyl sites for hydroxylation is 1. The van der Waals surface area contributed by atoms with Gasteiger partial charge in [-0.3, -0.25) is 9.48 Å². The van der Waals surface area contributed by atoms with E-state index >= 15 is 0 Å². The second kappa shape index (κ2) is 9.67. The van der Waals surface area contributed by atoms with E-state index in [9.17, 15) is 26.7 Å². The first-order valence-electron chi connectivity index (χ1n) is 10.7. The Labute approximate surface area is 199 Å². The van der Waals surface area contributed by atoms with Crippen LogP contribution in [0.2, 0.25) is 0 Å². The van der Waals surface area contributed by atoms with Crippen molar-refractivity contribution in [1.29, 1.82) is 0 Å². The Morgan fingerprint density at radius 3 is 2.56 bits per heavy atom. The van der Waals surface area contributed by atoms with Gasteiger partial charge >= 0.3 is 12.1 Å². The number of carbonyl (C=O) groups is 2. The molecule has 0 spiro atoms. The molecule has 6 rings (SSSR count). The molecule has 3 N–H and O–H groups in total. The number of nitrogens with zero attached hydrogens (tertiary/aromatic N) is 6. The average molecular weight is 516 g/mol. The number of anilines is 2. The molecule has 3 aliphatic rings. The quantitative estimate of drug-likeness (QED) is 0.451. The fourth-order valence-electron chi connectivity index (χ4n) is 4.12. The van der Waals surface area contributed by atoms with Gasteiger partial charge in [-0.25, -0.2) is 23.1 Å². The normalized spacial score (nSPS) is 19.4. The number of carbonyl (C=O) groups excluding carboxylic acids is 1. The van der Waals surface area contributed by atoms with Crippen LogP contribution < -0.4 is 15.5 Å². The number of halogens is 5. The number of nitrogens with one attached hydrogen (secondary N) is 2. The van der Waals surface area contributed by atoms with Gasteiger partial charge in [0, 0.05) is 44.6 Å². The summed E-state index contributed by atoms with van der Waals surface area (Å²) in [7, 11) is 1.52. The van der Waals surface area contributed by atoms with Crippen molar-refractivity contribution in [2.75, 3.05) is 23.3 Å². The summed E-state index contributed by atoms with van der Waals surface area (Å²) < 4.78 is 60.8. The van der Waals surface area contributed by atoms with E-state index in [1.807, 2.05) is 6.07 Å². The lowest BCUT2D eigenvalue weighted by Crippen LogP contribution is -2.61. The molecular weight excluding hydrogens is 495 g/mol. The third-order valence-electron chi connectivity index (χ3n) is 5.80. The molecule has 0 aliphatic carbocycles. The zero-order valence-corrected chi connectivity index (χ0v) is 18.7. The van der Waals surface area contributed by atoms with Crippen LogP contribution >= 0.6 is 0 Å². The topological polar surface area (TPSA) is 130 Å². The van der Waals surface area contributed by atoms with E-state index in [1.54, 1.807) is 6.20 Å². The van der Waals surface area contributed by atoms with Crippen molar-refractivity contribution in [1.82, 2.24) is 29.7 Å². The Bertz CT molecular complexity index is 1270. The van der Waals surface area contributed by atoms with Crippen LogP contribution in [-0.2, 0) is 11.8 Å². The van der Waals surface area contributed by atoms with E-state index in [2.05, 4.69) is 30.7 Å². The maximum Gasteiger partial charge on any atom is 0.490 e. The molecule has 3 aromatic heterocycles. The molecule has 3 aliphatic heterocycles. The van der Waals surface area contributed by atoms with E-state index in [1.165, 1.54) is 28.6 Å². The smallest absolute Gasteiger partial charge is 0.475 e. The van der Waals surface area contributed by atoms with Crippen molar-refractivity contribution in [2.45, 2.75) is 37.5 Å². The molecule has 3 fully saturated rings. The van der Waals surface area contributed by atoms with Crippen molar-refractivity contribution >= 4 is 29.0 Å². The number of amides is 1. The number of carboxylic acids is 1. The second-order valence-corrected chi connectivity index (χ2v) is 8.26. The third kappa shape index (κ3) is 5.22. The Morgan fingerprint density at radius 2 is 2.00 bits per heavy atom. The summed E-state index contributed by atoms with van der Waals surface area (Å²) in [4.78, 5) is 28.6. The number of rotatable bonds is 4. The van der Waals surface area contributed by atoms with Gasteiger partial charge in [-0.2, -0.15) is 23.4 Å². The van der Waals surface area contributed by atoms with Gasteiger partial charge in [-0.05, 0) is 18.9 Å². The van der Waals surface area contributed by atoms with Crippen LogP contribution in [0.5, 0.6) is 0 Å². The van der Waals surface area contributed by atoms with Crippen LogP contribution in [-0.4, -0.2) is 72.7 Å². The maximum atomic E-state index is 13.2. The predicted octanol–water partition coefficient (Wildman–Crippen LogP) is 2.23. The third-order valence-corrected chi connectivity index (χ3v) is 5.80. The minimum absolute atomic E-state index is 0.0255. The van der Waals surface area contributed by atoms with Gasteiger partial charge in [0.2, 0.25) is 0 Å². The maximum absolute atomic E-state index is 13.2.